The fourth-order valence-electron chi connectivity index (χ4n) is 2.27. The van der Waals surface area contributed by atoms with Crippen molar-refractivity contribution in [1.29, 1.82) is 0 Å². The molecular formula is C16H18ClNO6S. The maximum atomic E-state index is 12.5. The van der Waals surface area contributed by atoms with Gasteiger partial charge in [-0.2, -0.15) is 0 Å². The molecule has 0 spiro atoms. The number of hydrogen-bond donors (Lipinski definition) is 2. The lowest BCUT2D eigenvalue weighted by atomic mass is 10.1. The topological polar surface area (TPSA) is 106 Å². The first-order valence-electron chi connectivity index (χ1n) is 7.36. The van der Waals surface area contributed by atoms with E-state index >= 15 is 0 Å². The van der Waals surface area contributed by atoms with Gasteiger partial charge in [0.25, 0.3) is 0 Å². The molecule has 0 bridgehead atoms. The van der Waals surface area contributed by atoms with E-state index in [-0.39, 0.29) is 21.9 Å². The van der Waals surface area contributed by atoms with Crippen LogP contribution >= 0.6 is 11.6 Å². The highest BCUT2D eigenvalue weighted by atomic mass is 35.5. The zero-order chi connectivity index (χ0) is 18.6. The van der Waals surface area contributed by atoms with Gasteiger partial charge in [0, 0.05) is 6.04 Å². The van der Waals surface area contributed by atoms with E-state index < -0.39 is 28.1 Å². The Kier molecular flexibility index (Phi) is 6.23. The number of aliphatic hydroxyl groups excluding tert-OH is 1. The van der Waals surface area contributed by atoms with Crippen molar-refractivity contribution < 1.29 is 27.5 Å². The first kappa shape index (κ1) is 19.5. The molecular weight excluding hydrogens is 370 g/mol. The van der Waals surface area contributed by atoms with E-state index in [0.29, 0.717) is 5.76 Å². The molecule has 7 nitrogen and oxygen atoms in total. The Labute approximate surface area is 150 Å². The Balaban J connectivity index is 2.11. The van der Waals surface area contributed by atoms with Gasteiger partial charge in [-0.3, -0.25) is 0 Å². The van der Waals surface area contributed by atoms with Gasteiger partial charge < -0.3 is 14.3 Å². The molecule has 2 unspecified atom stereocenters. The predicted molar refractivity (Wildman–Crippen MR) is 90.9 cm³/mol. The molecule has 1 heterocycles. The third kappa shape index (κ3) is 4.82. The fraction of sp³-hybridized carbons (Fsp3) is 0.312. The lowest BCUT2D eigenvalue weighted by Gasteiger charge is -2.17. The number of rotatable bonds is 7. The number of nitrogens with one attached hydrogen (secondary N) is 1. The summed E-state index contributed by atoms with van der Waals surface area (Å²) in [5.74, 6) is -0.264. The van der Waals surface area contributed by atoms with E-state index in [9.17, 15) is 18.3 Å². The van der Waals surface area contributed by atoms with Crippen molar-refractivity contribution in [3.63, 3.8) is 0 Å². The Bertz CT molecular complexity index is 834. The number of sulfonamides is 1. The van der Waals surface area contributed by atoms with Crippen molar-refractivity contribution in [2.75, 3.05) is 7.11 Å². The first-order chi connectivity index (χ1) is 11.7. The predicted octanol–water partition coefficient (Wildman–Crippen LogP) is 2.51. The third-order valence-corrected chi connectivity index (χ3v) is 5.52. The number of aliphatic hydroxyl groups is 1. The monoisotopic (exact) mass is 387 g/mol. The molecule has 2 atom stereocenters. The first-order valence-corrected chi connectivity index (χ1v) is 9.22. The Hall–Kier alpha value is -1.87. The second-order valence-electron chi connectivity index (χ2n) is 5.43. The maximum absolute atomic E-state index is 12.5. The van der Waals surface area contributed by atoms with Gasteiger partial charge in [-0.25, -0.2) is 17.9 Å². The van der Waals surface area contributed by atoms with Crippen LogP contribution in [0, 0.1) is 0 Å². The van der Waals surface area contributed by atoms with Gasteiger partial charge in [0.05, 0.1) is 24.0 Å². The number of carbonyl (C=O) groups is 1. The molecule has 2 N–H and O–H groups in total. The molecule has 0 aliphatic heterocycles. The van der Waals surface area contributed by atoms with Gasteiger partial charge in [-0.15, -0.1) is 0 Å². The molecule has 0 saturated carbocycles. The highest BCUT2D eigenvalue weighted by Gasteiger charge is 2.24. The summed E-state index contributed by atoms with van der Waals surface area (Å²) in [6.45, 7) is 1.61. The van der Waals surface area contributed by atoms with Crippen LogP contribution in [-0.4, -0.2) is 32.6 Å². The smallest absolute Gasteiger partial charge is 0.337 e. The van der Waals surface area contributed by atoms with Crippen LogP contribution < -0.4 is 4.72 Å². The van der Waals surface area contributed by atoms with Gasteiger partial charge in [-0.1, -0.05) is 11.6 Å². The standard InChI is InChI=1S/C16H18ClNO6S/c1-10(8-13(19)14-4-3-7-24-14)18-25(21,22)15-6-5-11(9-12(15)17)16(20)23-2/h3-7,9-10,13,18-19H,8H2,1-2H3. The minimum atomic E-state index is -3.93. The minimum Gasteiger partial charge on any atom is -0.467 e. The highest BCUT2D eigenvalue weighted by molar-refractivity contribution is 7.89. The summed E-state index contributed by atoms with van der Waals surface area (Å²) in [6.07, 6.45) is 0.602. The van der Waals surface area contributed by atoms with Gasteiger partial charge in [0.15, 0.2) is 0 Å². The summed E-state index contributed by atoms with van der Waals surface area (Å²) in [7, 11) is -2.71. The third-order valence-electron chi connectivity index (χ3n) is 3.45. The second kappa shape index (κ2) is 8.01. The molecule has 0 radical (unpaired) electrons. The summed E-state index contributed by atoms with van der Waals surface area (Å²) < 4.78 is 37.0. The molecule has 0 saturated heterocycles. The zero-order valence-corrected chi connectivity index (χ0v) is 15.2. The zero-order valence-electron chi connectivity index (χ0n) is 13.6. The van der Waals surface area contributed by atoms with E-state index in [1.165, 1.54) is 31.6 Å². The quantitative estimate of drug-likeness (QED) is 0.707. The summed E-state index contributed by atoms with van der Waals surface area (Å²) >= 11 is 5.99. The SMILES string of the molecule is COC(=O)c1ccc(S(=O)(=O)NC(C)CC(O)c2ccco2)c(Cl)c1. The van der Waals surface area contributed by atoms with Crippen molar-refractivity contribution in [2.24, 2.45) is 0 Å². The molecule has 0 aliphatic carbocycles. The van der Waals surface area contributed by atoms with E-state index in [2.05, 4.69) is 9.46 Å². The maximum Gasteiger partial charge on any atom is 0.337 e. The summed E-state index contributed by atoms with van der Waals surface area (Å²) in [6, 6.07) is 6.43. The normalized spacial score (nSPS) is 14.1. The highest BCUT2D eigenvalue weighted by Crippen LogP contribution is 2.24. The van der Waals surface area contributed by atoms with Crippen LogP contribution in [0.5, 0.6) is 0 Å². The van der Waals surface area contributed by atoms with Crippen molar-refractivity contribution in [3.8, 4) is 0 Å². The molecule has 0 amide bonds. The Morgan fingerprint density at radius 1 is 1.40 bits per heavy atom. The number of ether oxygens (including phenoxy) is 1. The van der Waals surface area contributed by atoms with Crippen LogP contribution in [0.3, 0.4) is 0 Å². The van der Waals surface area contributed by atoms with Gasteiger partial charge in [0.2, 0.25) is 10.0 Å². The van der Waals surface area contributed by atoms with Crippen LogP contribution in [0.15, 0.2) is 45.9 Å². The van der Waals surface area contributed by atoms with Gasteiger partial charge in [-0.05, 0) is 43.7 Å². The summed E-state index contributed by atoms with van der Waals surface area (Å²) in [4.78, 5) is 11.3. The van der Waals surface area contributed by atoms with Crippen molar-refractivity contribution in [2.45, 2.75) is 30.4 Å². The molecule has 9 heteroatoms. The van der Waals surface area contributed by atoms with Crippen molar-refractivity contribution in [3.05, 3.63) is 52.9 Å². The van der Waals surface area contributed by atoms with Crippen LogP contribution in [-0.2, 0) is 14.8 Å². The minimum absolute atomic E-state index is 0.103. The van der Waals surface area contributed by atoms with Crippen LogP contribution in [0.25, 0.3) is 0 Å². The van der Waals surface area contributed by atoms with Crippen LogP contribution in [0.2, 0.25) is 5.02 Å². The Morgan fingerprint density at radius 2 is 2.12 bits per heavy atom. The molecule has 2 rings (SSSR count). The number of benzene rings is 1. The van der Waals surface area contributed by atoms with Crippen LogP contribution in [0.4, 0.5) is 0 Å². The van der Waals surface area contributed by atoms with Crippen LogP contribution in [0.1, 0.15) is 35.6 Å². The number of esters is 1. The summed E-state index contributed by atoms with van der Waals surface area (Å²) in [5, 5.41) is 9.92. The average Bonchev–Trinajstić information content (AvgIpc) is 3.07. The molecule has 2 aromatic rings. The Morgan fingerprint density at radius 3 is 2.68 bits per heavy atom. The van der Waals surface area contributed by atoms with Gasteiger partial charge in [0.1, 0.15) is 16.8 Å². The average molecular weight is 388 g/mol. The number of methoxy groups -OCH3 is 1. The van der Waals surface area contributed by atoms with E-state index in [1.807, 2.05) is 0 Å². The largest absolute Gasteiger partial charge is 0.467 e. The molecule has 136 valence electrons. The molecule has 1 aromatic carbocycles. The molecule has 25 heavy (non-hydrogen) atoms. The van der Waals surface area contributed by atoms with Gasteiger partial charge >= 0.3 is 5.97 Å². The second-order valence-corrected chi connectivity index (χ2v) is 7.52. The fourth-order valence-corrected chi connectivity index (χ4v) is 4.07. The van der Waals surface area contributed by atoms with E-state index in [0.717, 1.165) is 0 Å². The van der Waals surface area contributed by atoms with Crippen molar-refractivity contribution >= 4 is 27.6 Å². The molecule has 0 fully saturated rings. The number of furan rings is 1. The van der Waals surface area contributed by atoms with E-state index in [1.54, 1.807) is 19.1 Å². The van der Waals surface area contributed by atoms with Crippen molar-refractivity contribution in [1.82, 2.24) is 4.72 Å². The molecule has 1 aromatic heterocycles. The molecule has 0 aliphatic rings. The number of halogens is 1. The lowest BCUT2D eigenvalue weighted by molar-refractivity contribution is 0.0600. The number of hydrogen-bond acceptors (Lipinski definition) is 6. The summed E-state index contributed by atoms with van der Waals surface area (Å²) in [5.41, 5.74) is 0.146. The lowest BCUT2D eigenvalue weighted by Crippen LogP contribution is -2.34. The van der Waals surface area contributed by atoms with E-state index in [4.69, 9.17) is 16.0 Å². The number of carbonyl (C=O) groups excluding carboxylic acids is 1.